The zero-order chi connectivity index (χ0) is 11.6. The molecule has 0 aromatic heterocycles. The summed E-state index contributed by atoms with van der Waals surface area (Å²) in [5.41, 5.74) is 3.71. The van der Waals surface area contributed by atoms with Crippen LogP contribution in [0.3, 0.4) is 0 Å². The Morgan fingerprint density at radius 1 is 1.07 bits per heavy atom. The summed E-state index contributed by atoms with van der Waals surface area (Å²) in [6.07, 6.45) is -2.14. The lowest BCUT2D eigenvalue weighted by Crippen LogP contribution is -2.23. The Kier molecular flexibility index (Phi) is 3.85. The minimum atomic E-state index is -1.12. The minimum Gasteiger partial charge on any atom is -0.394 e. The lowest BCUT2D eigenvalue weighted by Gasteiger charge is -2.20. The van der Waals surface area contributed by atoms with E-state index in [-0.39, 0.29) is 0 Å². The first-order valence-corrected chi connectivity index (χ1v) is 5.02. The third-order valence-corrected chi connectivity index (χ3v) is 2.59. The highest BCUT2D eigenvalue weighted by Gasteiger charge is 2.21. The highest BCUT2D eigenvalue weighted by Crippen LogP contribution is 2.25. The van der Waals surface area contributed by atoms with Gasteiger partial charge in [0.05, 0.1) is 6.61 Å². The van der Waals surface area contributed by atoms with E-state index >= 15 is 0 Å². The van der Waals surface area contributed by atoms with E-state index in [4.69, 9.17) is 5.11 Å². The largest absolute Gasteiger partial charge is 0.394 e. The van der Waals surface area contributed by atoms with Gasteiger partial charge in [0.2, 0.25) is 0 Å². The molecule has 0 fully saturated rings. The topological polar surface area (TPSA) is 60.7 Å². The molecule has 0 aliphatic carbocycles. The molecule has 0 radical (unpaired) electrons. The van der Waals surface area contributed by atoms with Crippen LogP contribution in [0.1, 0.15) is 28.4 Å². The van der Waals surface area contributed by atoms with Crippen molar-refractivity contribution >= 4 is 0 Å². The molecular formula is C12H18O3. The molecule has 0 aliphatic rings. The molecule has 1 aromatic rings. The van der Waals surface area contributed by atoms with Gasteiger partial charge in [0.1, 0.15) is 12.2 Å². The maximum atomic E-state index is 9.83. The van der Waals surface area contributed by atoms with Crippen molar-refractivity contribution in [1.82, 2.24) is 0 Å². The molecule has 3 heteroatoms. The molecule has 0 spiro atoms. The van der Waals surface area contributed by atoms with Crippen LogP contribution < -0.4 is 0 Å². The van der Waals surface area contributed by atoms with Crippen LogP contribution in [0.2, 0.25) is 0 Å². The molecule has 0 amide bonds. The number of benzene rings is 1. The number of aryl methyl sites for hydroxylation is 3. The van der Waals surface area contributed by atoms with Gasteiger partial charge in [-0.2, -0.15) is 0 Å². The molecule has 2 atom stereocenters. The molecule has 84 valence electrons. The summed E-state index contributed by atoms with van der Waals surface area (Å²) < 4.78 is 0. The highest BCUT2D eigenvalue weighted by atomic mass is 16.4. The van der Waals surface area contributed by atoms with E-state index in [1.807, 2.05) is 32.9 Å². The number of rotatable bonds is 3. The second-order valence-corrected chi connectivity index (χ2v) is 4.01. The Hall–Kier alpha value is -0.900. The Balaban J connectivity index is 3.13. The van der Waals surface area contributed by atoms with E-state index in [1.54, 1.807) is 0 Å². The average molecular weight is 210 g/mol. The van der Waals surface area contributed by atoms with Gasteiger partial charge in [-0.15, -0.1) is 0 Å². The van der Waals surface area contributed by atoms with Crippen molar-refractivity contribution < 1.29 is 15.3 Å². The van der Waals surface area contributed by atoms with E-state index < -0.39 is 18.8 Å². The second kappa shape index (κ2) is 4.75. The van der Waals surface area contributed by atoms with Crippen molar-refractivity contribution in [1.29, 1.82) is 0 Å². The fourth-order valence-corrected chi connectivity index (χ4v) is 1.95. The lowest BCUT2D eigenvalue weighted by atomic mass is 9.93. The van der Waals surface area contributed by atoms with Crippen molar-refractivity contribution in [3.05, 3.63) is 34.4 Å². The normalized spacial score (nSPS) is 15.1. The first-order valence-electron chi connectivity index (χ1n) is 5.02. The van der Waals surface area contributed by atoms with Gasteiger partial charge in [-0.1, -0.05) is 17.7 Å². The summed E-state index contributed by atoms with van der Waals surface area (Å²) in [5.74, 6) is 0. The quantitative estimate of drug-likeness (QED) is 0.697. The van der Waals surface area contributed by atoms with Crippen LogP contribution in [0.4, 0.5) is 0 Å². The van der Waals surface area contributed by atoms with Crippen LogP contribution in [0.15, 0.2) is 12.1 Å². The third kappa shape index (κ3) is 2.56. The van der Waals surface area contributed by atoms with Gasteiger partial charge in [-0.05, 0) is 37.5 Å². The van der Waals surface area contributed by atoms with Crippen LogP contribution in [-0.4, -0.2) is 28.0 Å². The summed E-state index contributed by atoms with van der Waals surface area (Å²) in [6.45, 7) is 5.33. The predicted molar refractivity (Wildman–Crippen MR) is 58.7 cm³/mol. The van der Waals surface area contributed by atoms with E-state index in [1.165, 1.54) is 0 Å². The van der Waals surface area contributed by atoms with Crippen LogP contribution in [0.25, 0.3) is 0 Å². The Labute approximate surface area is 90.0 Å². The molecule has 2 unspecified atom stereocenters. The number of hydrogen-bond donors (Lipinski definition) is 3. The summed E-state index contributed by atoms with van der Waals surface area (Å²) in [7, 11) is 0. The lowest BCUT2D eigenvalue weighted by molar-refractivity contribution is -0.0158. The third-order valence-electron chi connectivity index (χ3n) is 2.59. The summed E-state index contributed by atoms with van der Waals surface area (Å²) in [4.78, 5) is 0. The van der Waals surface area contributed by atoms with Gasteiger partial charge in [-0.25, -0.2) is 0 Å². The molecule has 0 heterocycles. The number of aliphatic hydroxyl groups excluding tert-OH is 3. The fourth-order valence-electron chi connectivity index (χ4n) is 1.95. The Morgan fingerprint density at radius 2 is 1.53 bits per heavy atom. The van der Waals surface area contributed by atoms with Gasteiger partial charge in [0.25, 0.3) is 0 Å². The summed E-state index contributed by atoms with van der Waals surface area (Å²) in [5, 5.41) is 28.0. The van der Waals surface area contributed by atoms with E-state index in [0.29, 0.717) is 5.56 Å². The van der Waals surface area contributed by atoms with Gasteiger partial charge < -0.3 is 15.3 Å². The van der Waals surface area contributed by atoms with Gasteiger partial charge >= 0.3 is 0 Å². The van der Waals surface area contributed by atoms with Crippen molar-refractivity contribution in [3.63, 3.8) is 0 Å². The molecular weight excluding hydrogens is 192 g/mol. The first kappa shape index (κ1) is 12.2. The number of hydrogen-bond acceptors (Lipinski definition) is 3. The molecule has 3 nitrogen and oxygen atoms in total. The molecule has 1 aromatic carbocycles. The predicted octanol–water partition coefficient (Wildman–Crippen LogP) is 0.998. The zero-order valence-corrected chi connectivity index (χ0v) is 9.36. The minimum absolute atomic E-state index is 0.437. The highest BCUT2D eigenvalue weighted by molar-refractivity contribution is 5.39. The zero-order valence-electron chi connectivity index (χ0n) is 9.36. The monoisotopic (exact) mass is 210 g/mol. The second-order valence-electron chi connectivity index (χ2n) is 4.01. The van der Waals surface area contributed by atoms with Crippen LogP contribution in [0.5, 0.6) is 0 Å². The molecule has 0 aliphatic heterocycles. The summed E-state index contributed by atoms with van der Waals surface area (Å²) in [6, 6.07) is 3.91. The van der Waals surface area contributed by atoms with Crippen molar-refractivity contribution in [2.24, 2.45) is 0 Å². The standard InChI is InChI=1S/C12H18O3/c1-7-4-8(2)11(9(3)5-7)12(15)10(14)6-13/h4-5,10,12-15H,6H2,1-3H3. The maximum absolute atomic E-state index is 9.83. The van der Waals surface area contributed by atoms with Gasteiger partial charge in [0.15, 0.2) is 0 Å². The van der Waals surface area contributed by atoms with Crippen LogP contribution >= 0.6 is 0 Å². The molecule has 0 saturated heterocycles. The van der Waals surface area contributed by atoms with Crippen molar-refractivity contribution in [2.75, 3.05) is 6.61 Å². The summed E-state index contributed by atoms with van der Waals surface area (Å²) >= 11 is 0. The molecule has 0 saturated carbocycles. The number of aliphatic hydroxyl groups is 3. The fraction of sp³-hybridized carbons (Fsp3) is 0.500. The molecule has 3 N–H and O–H groups in total. The molecule has 0 bridgehead atoms. The first-order chi connectivity index (χ1) is 6.97. The van der Waals surface area contributed by atoms with Crippen molar-refractivity contribution in [2.45, 2.75) is 33.0 Å². The molecule has 1 rings (SSSR count). The van der Waals surface area contributed by atoms with Crippen LogP contribution in [0, 0.1) is 20.8 Å². The Bertz CT molecular complexity index is 324. The SMILES string of the molecule is Cc1cc(C)c(C(O)C(O)CO)c(C)c1. The van der Waals surface area contributed by atoms with Crippen molar-refractivity contribution in [3.8, 4) is 0 Å². The van der Waals surface area contributed by atoms with Gasteiger partial charge in [-0.3, -0.25) is 0 Å². The van der Waals surface area contributed by atoms with Crippen LogP contribution in [-0.2, 0) is 0 Å². The Morgan fingerprint density at radius 3 is 1.93 bits per heavy atom. The van der Waals surface area contributed by atoms with E-state index in [0.717, 1.165) is 16.7 Å². The molecule has 15 heavy (non-hydrogen) atoms. The maximum Gasteiger partial charge on any atom is 0.108 e. The van der Waals surface area contributed by atoms with E-state index in [9.17, 15) is 10.2 Å². The average Bonchev–Trinajstić information content (AvgIpc) is 2.14. The van der Waals surface area contributed by atoms with Gasteiger partial charge in [0, 0.05) is 0 Å². The smallest absolute Gasteiger partial charge is 0.108 e. The van der Waals surface area contributed by atoms with E-state index in [2.05, 4.69) is 0 Å².